The van der Waals surface area contributed by atoms with Crippen LogP contribution in [0.5, 0.6) is 5.75 Å². The molecule has 4 rings (SSSR count). The van der Waals surface area contributed by atoms with E-state index in [0.717, 1.165) is 19.4 Å². The van der Waals surface area contributed by atoms with Crippen molar-refractivity contribution in [2.45, 2.75) is 32.4 Å². The lowest BCUT2D eigenvalue weighted by atomic mass is 10.2. The molecule has 11 nitrogen and oxygen atoms in total. The second kappa shape index (κ2) is 8.48. The van der Waals surface area contributed by atoms with Crippen molar-refractivity contribution in [1.82, 2.24) is 25.3 Å². The molecule has 1 aliphatic heterocycles. The Balaban J connectivity index is 1.51. The van der Waals surface area contributed by atoms with Crippen LogP contribution in [0.1, 0.15) is 25.5 Å². The number of amides is 1. The minimum atomic E-state index is -0.305. The largest absolute Gasteiger partial charge is 0.425 e. The van der Waals surface area contributed by atoms with Gasteiger partial charge in [0.15, 0.2) is 17.0 Å². The number of benzene rings is 1. The van der Waals surface area contributed by atoms with Gasteiger partial charge in [-0.05, 0) is 43.7 Å². The number of ether oxygens (including phenoxy) is 1. The molecule has 2 aromatic heterocycles. The highest BCUT2D eigenvalue weighted by Crippen LogP contribution is 2.23. The predicted octanol–water partition coefficient (Wildman–Crippen LogP) is 0.795. The van der Waals surface area contributed by atoms with Crippen molar-refractivity contribution in [2.75, 3.05) is 22.9 Å². The summed E-state index contributed by atoms with van der Waals surface area (Å²) in [6.45, 7) is 2.43. The number of hydrogen-bond acceptors (Lipinski definition) is 10. The van der Waals surface area contributed by atoms with E-state index in [1.165, 1.54) is 18.0 Å². The summed E-state index contributed by atoms with van der Waals surface area (Å²) in [5, 5.41) is 3.10. The summed E-state index contributed by atoms with van der Waals surface area (Å²) in [6, 6.07) is 6.45. The summed E-state index contributed by atoms with van der Waals surface area (Å²) < 4.78 is 5.42. The van der Waals surface area contributed by atoms with Crippen molar-refractivity contribution >= 4 is 40.5 Å². The molecular weight excluding hydrogens is 400 g/mol. The van der Waals surface area contributed by atoms with E-state index in [0.29, 0.717) is 22.6 Å². The first-order chi connectivity index (χ1) is 14.9. The number of nitrogens with zero attached hydrogens (tertiary/aromatic N) is 5. The normalized spacial score (nSPS) is 15.7. The molecule has 1 saturated heterocycles. The molecule has 11 heteroatoms. The van der Waals surface area contributed by atoms with E-state index in [1.54, 1.807) is 24.3 Å². The van der Waals surface area contributed by atoms with Gasteiger partial charge in [0.2, 0.25) is 11.9 Å². The number of carbonyl (C=O) groups excluding carboxylic acids is 2. The van der Waals surface area contributed by atoms with Gasteiger partial charge in [-0.15, -0.1) is 0 Å². The molecule has 160 valence electrons. The highest BCUT2D eigenvalue weighted by molar-refractivity contribution is 5.91. The Labute approximate surface area is 177 Å². The highest BCUT2D eigenvalue weighted by atomic mass is 16.5. The fourth-order valence-corrected chi connectivity index (χ4v) is 3.37. The number of nitrogens with two attached hydrogens (primary N) is 2. The summed E-state index contributed by atoms with van der Waals surface area (Å²) in [7, 11) is 0. The van der Waals surface area contributed by atoms with Crippen LogP contribution in [0, 0.1) is 0 Å². The number of anilines is 3. The molecule has 0 spiro atoms. The second-order valence-corrected chi connectivity index (χ2v) is 7.17. The maximum absolute atomic E-state index is 12.3. The van der Waals surface area contributed by atoms with E-state index in [-0.39, 0.29) is 41.9 Å². The predicted molar refractivity (Wildman–Crippen MR) is 114 cm³/mol. The molecule has 1 aromatic carbocycles. The maximum atomic E-state index is 12.3. The third-order valence-corrected chi connectivity index (χ3v) is 4.91. The van der Waals surface area contributed by atoms with Gasteiger partial charge in [0.25, 0.3) is 0 Å². The first-order valence-electron chi connectivity index (χ1n) is 9.78. The first kappa shape index (κ1) is 20.4. The van der Waals surface area contributed by atoms with Crippen LogP contribution in [0.4, 0.5) is 17.5 Å². The second-order valence-electron chi connectivity index (χ2n) is 7.17. The van der Waals surface area contributed by atoms with Crippen LogP contribution in [-0.2, 0) is 16.1 Å². The number of nitrogens with one attached hydrogen (secondary N) is 1. The average molecular weight is 422 g/mol. The molecule has 0 aliphatic carbocycles. The van der Waals surface area contributed by atoms with E-state index in [9.17, 15) is 9.59 Å². The molecular formula is C20H22N8O3. The summed E-state index contributed by atoms with van der Waals surface area (Å²) in [5.74, 6) is 0.0545. The lowest BCUT2D eigenvalue weighted by Crippen LogP contribution is -2.34. The molecule has 3 heterocycles. The quantitative estimate of drug-likeness (QED) is 0.396. The molecule has 5 N–H and O–H groups in total. The van der Waals surface area contributed by atoms with Gasteiger partial charge in [-0.1, -0.05) is 0 Å². The molecule has 0 saturated carbocycles. The van der Waals surface area contributed by atoms with E-state index < -0.39 is 0 Å². The van der Waals surface area contributed by atoms with Crippen molar-refractivity contribution in [1.29, 1.82) is 0 Å². The van der Waals surface area contributed by atoms with Crippen molar-refractivity contribution in [3.63, 3.8) is 0 Å². The van der Waals surface area contributed by atoms with Gasteiger partial charge < -0.3 is 26.4 Å². The molecule has 1 unspecified atom stereocenters. The highest BCUT2D eigenvalue weighted by Gasteiger charge is 2.24. The number of carbonyl (C=O) groups is 2. The molecule has 0 radical (unpaired) electrons. The Morgan fingerprint density at radius 1 is 1.19 bits per heavy atom. The van der Waals surface area contributed by atoms with Gasteiger partial charge in [-0.2, -0.15) is 9.97 Å². The molecule has 1 atom stereocenters. The third kappa shape index (κ3) is 4.51. The SMILES string of the molecule is CC(=O)N(Cc1cnc2nc(N)nc(N)c2n1)c1ccc(OC(=O)C2CCCN2)cc1. The molecule has 1 fully saturated rings. The molecule has 1 amide bonds. The first-order valence-corrected chi connectivity index (χ1v) is 9.78. The van der Waals surface area contributed by atoms with Gasteiger partial charge in [-0.3, -0.25) is 4.79 Å². The van der Waals surface area contributed by atoms with E-state index in [4.69, 9.17) is 16.2 Å². The lowest BCUT2D eigenvalue weighted by Gasteiger charge is -2.21. The number of esters is 1. The number of fused-ring (bicyclic) bond motifs is 1. The fourth-order valence-electron chi connectivity index (χ4n) is 3.37. The average Bonchev–Trinajstić information content (AvgIpc) is 3.28. The van der Waals surface area contributed by atoms with Crippen molar-refractivity contribution in [3.05, 3.63) is 36.2 Å². The molecule has 0 bridgehead atoms. The summed E-state index contributed by atoms with van der Waals surface area (Å²) in [5.41, 5.74) is 13.2. The Morgan fingerprint density at radius 2 is 1.97 bits per heavy atom. The van der Waals surface area contributed by atoms with E-state index in [1.807, 2.05) is 0 Å². The van der Waals surface area contributed by atoms with Gasteiger partial charge in [-0.25, -0.2) is 14.8 Å². The minimum absolute atomic E-state index is 0.0157. The number of rotatable bonds is 5. The van der Waals surface area contributed by atoms with Crippen LogP contribution in [-0.4, -0.2) is 44.4 Å². The van der Waals surface area contributed by atoms with Crippen LogP contribution >= 0.6 is 0 Å². The fraction of sp³-hybridized carbons (Fsp3) is 0.300. The maximum Gasteiger partial charge on any atom is 0.328 e. The smallest absolute Gasteiger partial charge is 0.328 e. The Morgan fingerprint density at radius 3 is 2.65 bits per heavy atom. The van der Waals surface area contributed by atoms with Gasteiger partial charge in [0, 0.05) is 12.6 Å². The van der Waals surface area contributed by atoms with Crippen LogP contribution in [0.2, 0.25) is 0 Å². The zero-order valence-electron chi connectivity index (χ0n) is 16.9. The molecule has 3 aromatic rings. The van der Waals surface area contributed by atoms with Crippen LogP contribution in [0.25, 0.3) is 11.2 Å². The van der Waals surface area contributed by atoms with E-state index in [2.05, 4.69) is 25.3 Å². The van der Waals surface area contributed by atoms with Crippen molar-refractivity contribution < 1.29 is 14.3 Å². The standard InChI is InChI=1S/C20H22N8O3/c1-11(29)28(10-12-9-24-18-16(25-12)17(21)26-20(22)27-18)13-4-6-14(7-5-13)31-19(30)15-3-2-8-23-15/h4-7,9,15,23H,2-3,8,10H2,1H3,(H4,21,22,24,26,27). The topological polar surface area (TPSA) is 162 Å². The zero-order chi connectivity index (χ0) is 22.0. The number of hydrogen-bond donors (Lipinski definition) is 3. The zero-order valence-corrected chi connectivity index (χ0v) is 16.9. The Kier molecular flexibility index (Phi) is 5.58. The van der Waals surface area contributed by atoms with Gasteiger partial charge >= 0.3 is 5.97 Å². The van der Waals surface area contributed by atoms with E-state index >= 15 is 0 Å². The monoisotopic (exact) mass is 422 g/mol. The van der Waals surface area contributed by atoms with Crippen LogP contribution < -0.4 is 26.4 Å². The summed E-state index contributed by atoms with van der Waals surface area (Å²) in [4.78, 5) is 42.5. The minimum Gasteiger partial charge on any atom is -0.425 e. The van der Waals surface area contributed by atoms with Gasteiger partial charge in [0.05, 0.1) is 18.4 Å². The summed E-state index contributed by atoms with van der Waals surface area (Å²) in [6.07, 6.45) is 3.23. The lowest BCUT2D eigenvalue weighted by molar-refractivity contribution is -0.136. The van der Waals surface area contributed by atoms with Crippen LogP contribution in [0.15, 0.2) is 30.5 Å². The Bertz CT molecular complexity index is 1130. The van der Waals surface area contributed by atoms with Crippen LogP contribution in [0.3, 0.4) is 0 Å². The number of aromatic nitrogens is 4. The number of nitrogen functional groups attached to an aromatic ring is 2. The molecule has 1 aliphatic rings. The van der Waals surface area contributed by atoms with Crippen molar-refractivity contribution in [3.8, 4) is 5.75 Å². The third-order valence-electron chi connectivity index (χ3n) is 4.91. The summed E-state index contributed by atoms with van der Waals surface area (Å²) >= 11 is 0. The van der Waals surface area contributed by atoms with Crippen molar-refractivity contribution in [2.24, 2.45) is 0 Å². The van der Waals surface area contributed by atoms with Gasteiger partial charge in [0.1, 0.15) is 11.8 Å². The molecule has 31 heavy (non-hydrogen) atoms. The Hall–Kier alpha value is -3.86.